The van der Waals surface area contributed by atoms with Crippen molar-refractivity contribution in [2.45, 2.75) is 12.8 Å². The van der Waals surface area contributed by atoms with Crippen molar-refractivity contribution in [2.75, 3.05) is 13.2 Å². The summed E-state index contributed by atoms with van der Waals surface area (Å²) in [6, 6.07) is 11.7. The number of esters is 1. The topological polar surface area (TPSA) is 71.9 Å². The number of rotatable bonds is 6. The predicted octanol–water partition coefficient (Wildman–Crippen LogP) is 3.59. The molecule has 4 rings (SSSR count). The smallest absolute Gasteiger partial charge is 0.312 e. The fourth-order valence-electron chi connectivity index (χ4n) is 2.79. The van der Waals surface area contributed by atoms with E-state index >= 15 is 0 Å². The highest BCUT2D eigenvalue weighted by atomic mass is 32.1. The molecule has 3 aromatic rings. The molecule has 0 radical (unpaired) electrons. The van der Waals surface area contributed by atoms with Gasteiger partial charge in [0.1, 0.15) is 5.01 Å². The van der Waals surface area contributed by atoms with Gasteiger partial charge in [-0.05, 0) is 17.0 Å². The number of aromatic nitrogens is 1. The maximum absolute atomic E-state index is 12.3. The molecule has 1 amide bonds. The molecule has 28 heavy (non-hydrogen) atoms. The molecule has 3 heterocycles. The van der Waals surface area contributed by atoms with E-state index in [0.717, 1.165) is 21.8 Å². The molecule has 0 bridgehead atoms. The third-order valence-electron chi connectivity index (χ3n) is 4.20. The van der Waals surface area contributed by atoms with E-state index in [1.807, 2.05) is 52.5 Å². The Hall–Kier alpha value is -2.84. The number of carbonyl (C=O) groups is 2. The molecular weight excluding hydrogens is 394 g/mol. The Kier molecular flexibility index (Phi) is 5.59. The molecule has 0 N–H and O–H groups in total. The van der Waals surface area contributed by atoms with Crippen LogP contribution in [0, 0.1) is 0 Å². The Morgan fingerprint density at radius 3 is 2.75 bits per heavy atom. The lowest BCUT2D eigenvalue weighted by atomic mass is 10.1. The fourth-order valence-corrected chi connectivity index (χ4v) is 4.33. The average molecular weight is 412 g/mol. The number of hydrazone groups is 1. The minimum absolute atomic E-state index is 0.0481. The first kappa shape index (κ1) is 18.5. The largest absolute Gasteiger partial charge is 0.455 e. The van der Waals surface area contributed by atoms with Crippen LogP contribution in [0.15, 0.2) is 57.6 Å². The predicted molar refractivity (Wildman–Crippen MR) is 109 cm³/mol. The maximum Gasteiger partial charge on any atom is 0.312 e. The summed E-state index contributed by atoms with van der Waals surface area (Å²) in [5.74, 6) is -0.793. The molecule has 6 nitrogen and oxygen atoms in total. The zero-order chi connectivity index (χ0) is 19.3. The molecule has 0 spiro atoms. The summed E-state index contributed by atoms with van der Waals surface area (Å²) >= 11 is 3.09. The van der Waals surface area contributed by atoms with Crippen LogP contribution < -0.4 is 0 Å². The Bertz CT molecular complexity index is 997. The second kappa shape index (κ2) is 8.45. The first-order valence-electron chi connectivity index (χ1n) is 8.75. The van der Waals surface area contributed by atoms with E-state index < -0.39 is 5.97 Å². The number of thiophene rings is 1. The molecule has 8 heteroatoms. The fraction of sp³-hybridized carbons (Fsp3) is 0.200. The first-order valence-corrected chi connectivity index (χ1v) is 10.6. The Balaban J connectivity index is 1.28. The van der Waals surface area contributed by atoms with Crippen molar-refractivity contribution < 1.29 is 14.3 Å². The molecule has 0 saturated heterocycles. The molecular formula is C20H17N3O3S2. The second-order valence-electron chi connectivity index (χ2n) is 6.17. The van der Waals surface area contributed by atoms with Crippen molar-refractivity contribution in [3.63, 3.8) is 0 Å². The minimum Gasteiger partial charge on any atom is -0.455 e. The van der Waals surface area contributed by atoms with Crippen molar-refractivity contribution in [3.8, 4) is 10.6 Å². The number of thiazole rings is 1. The Morgan fingerprint density at radius 2 is 1.96 bits per heavy atom. The van der Waals surface area contributed by atoms with Gasteiger partial charge in [-0.3, -0.25) is 9.59 Å². The van der Waals surface area contributed by atoms with Crippen LogP contribution >= 0.6 is 22.7 Å². The molecule has 1 aliphatic rings. The van der Waals surface area contributed by atoms with Crippen LogP contribution in [0.25, 0.3) is 10.6 Å². The van der Waals surface area contributed by atoms with Gasteiger partial charge in [0, 0.05) is 22.7 Å². The quantitative estimate of drug-likeness (QED) is 0.581. The zero-order valence-corrected chi connectivity index (χ0v) is 16.5. The van der Waals surface area contributed by atoms with Crippen LogP contribution in [-0.4, -0.2) is 40.7 Å². The van der Waals surface area contributed by atoms with Gasteiger partial charge in [-0.2, -0.15) is 16.4 Å². The number of ether oxygens (including phenoxy) is 1. The van der Waals surface area contributed by atoms with Gasteiger partial charge in [0.2, 0.25) is 0 Å². The molecule has 0 atom stereocenters. The van der Waals surface area contributed by atoms with Crippen LogP contribution in [0.1, 0.15) is 17.7 Å². The number of carbonyl (C=O) groups excluding carboxylic acids is 2. The molecule has 2 aromatic heterocycles. The first-order chi connectivity index (χ1) is 13.7. The SMILES string of the molecule is O=C(Cc1csc(-c2ccsc2)n1)OCC(=O)N1CCC(c2ccccc2)=N1. The lowest BCUT2D eigenvalue weighted by Gasteiger charge is -2.11. The van der Waals surface area contributed by atoms with Crippen LogP contribution in [0.3, 0.4) is 0 Å². The number of nitrogens with zero attached hydrogens (tertiary/aromatic N) is 3. The summed E-state index contributed by atoms with van der Waals surface area (Å²) in [4.78, 5) is 28.8. The summed E-state index contributed by atoms with van der Waals surface area (Å²) in [5.41, 5.74) is 3.56. The Labute approximate surface area is 170 Å². The zero-order valence-electron chi connectivity index (χ0n) is 14.9. The van der Waals surface area contributed by atoms with Crippen molar-refractivity contribution in [1.82, 2.24) is 9.99 Å². The summed E-state index contributed by atoms with van der Waals surface area (Å²) in [5, 5.41) is 12.4. The molecule has 142 valence electrons. The average Bonchev–Trinajstić information content (AvgIpc) is 3.47. The highest BCUT2D eigenvalue weighted by Gasteiger charge is 2.22. The van der Waals surface area contributed by atoms with E-state index in [2.05, 4.69) is 10.1 Å². The van der Waals surface area contributed by atoms with E-state index in [1.54, 1.807) is 11.3 Å². The van der Waals surface area contributed by atoms with Gasteiger partial charge < -0.3 is 4.74 Å². The molecule has 0 fully saturated rings. The van der Waals surface area contributed by atoms with Crippen LogP contribution in [0.2, 0.25) is 0 Å². The number of hydrogen-bond acceptors (Lipinski definition) is 7. The third-order valence-corrected chi connectivity index (χ3v) is 5.82. The number of hydrogen-bond donors (Lipinski definition) is 0. The van der Waals surface area contributed by atoms with Gasteiger partial charge in [0.15, 0.2) is 6.61 Å². The van der Waals surface area contributed by atoms with E-state index in [4.69, 9.17) is 4.74 Å². The Morgan fingerprint density at radius 1 is 1.11 bits per heavy atom. The van der Waals surface area contributed by atoms with Crippen LogP contribution in [0.5, 0.6) is 0 Å². The molecule has 0 unspecified atom stereocenters. The molecule has 0 aliphatic carbocycles. The highest BCUT2D eigenvalue weighted by molar-refractivity contribution is 7.14. The van der Waals surface area contributed by atoms with Gasteiger partial charge in [0.05, 0.1) is 24.4 Å². The van der Waals surface area contributed by atoms with Crippen LogP contribution in [-0.2, 0) is 20.7 Å². The van der Waals surface area contributed by atoms with E-state index in [0.29, 0.717) is 18.7 Å². The minimum atomic E-state index is -0.470. The molecule has 0 saturated carbocycles. The van der Waals surface area contributed by atoms with Gasteiger partial charge in [-0.25, -0.2) is 9.99 Å². The van der Waals surface area contributed by atoms with Gasteiger partial charge in [-0.15, -0.1) is 11.3 Å². The monoisotopic (exact) mass is 411 g/mol. The van der Waals surface area contributed by atoms with Crippen molar-refractivity contribution in [1.29, 1.82) is 0 Å². The van der Waals surface area contributed by atoms with E-state index in [1.165, 1.54) is 16.3 Å². The highest BCUT2D eigenvalue weighted by Crippen LogP contribution is 2.25. The van der Waals surface area contributed by atoms with Gasteiger partial charge >= 0.3 is 5.97 Å². The molecule has 1 aliphatic heterocycles. The second-order valence-corrected chi connectivity index (χ2v) is 7.81. The van der Waals surface area contributed by atoms with Crippen molar-refractivity contribution in [3.05, 3.63) is 63.8 Å². The summed E-state index contributed by atoms with van der Waals surface area (Å²) < 4.78 is 5.13. The maximum atomic E-state index is 12.3. The number of benzene rings is 1. The van der Waals surface area contributed by atoms with Crippen LogP contribution in [0.4, 0.5) is 0 Å². The third kappa shape index (κ3) is 4.35. The van der Waals surface area contributed by atoms with E-state index in [-0.39, 0.29) is 18.9 Å². The summed E-state index contributed by atoms with van der Waals surface area (Å²) in [7, 11) is 0. The van der Waals surface area contributed by atoms with Gasteiger partial charge in [0.25, 0.3) is 5.91 Å². The summed E-state index contributed by atoms with van der Waals surface area (Å²) in [6.45, 7) is 0.183. The lowest BCUT2D eigenvalue weighted by Crippen LogP contribution is -2.29. The van der Waals surface area contributed by atoms with Gasteiger partial charge in [-0.1, -0.05) is 30.3 Å². The molecule has 1 aromatic carbocycles. The van der Waals surface area contributed by atoms with E-state index in [9.17, 15) is 9.59 Å². The van der Waals surface area contributed by atoms with Crippen molar-refractivity contribution in [2.24, 2.45) is 5.10 Å². The summed E-state index contributed by atoms with van der Waals surface area (Å²) in [6.07, 6.45) is 0.736. The normalized spacial score (nSPS) is 13.4. The lowest BCUT2D eigenvalue weighted by molar-refractivity contribution is -0.151. The standard InChI is InChI=1S/C20H17N3O3S2/c24-18(23-8-6-17(22-23)14-4-2-1-3-5-14)11-26-19(25)10-16-13-28-20(21-16)15-7-9-27-12-15/h1-5,7,9,12-13H,6,8,10-11H2. The number of amides is 1. The van der Waals surface area contributed by atoms with Crippen molar-refractivity contribution >= 4 is 40.3 Å².